The van der Waals surface area contributed by atoms with Crippen LogP contribution in [0.15, 0.2) is 12.7 Å². The minimum Gasteiger partial charge on any atom is -0.389 e. The maximum absolute atomic E-state index is 10.2. The van der Waals surface area contributed by atoms with Gasteiger partial charge < -0.3 is 5.11 Å². The summed E-state index contributed by atoms with van der Waals surface area (Å²) in [5, 5.41) is 10.2. The Morgan fingerprint density at radius 2 is 1.85 bits per heavy atom. The van der Waals surface area contributed by atoms with Gasteiger partial charge in [0.1, 0.15) is 0 Å². The molecule has 0 aliphatic carbocycles. The van der Waals surface area contributed by atoms with Crippen molar-refractivity contribution in [2.24, 2.45) is 5.92 Å². The van der Waals surface area contributed by atoms with Gasteiger partial charge in [-0.3, -0.25) is 0 Å². The molecule has 78 valence electrons. The maximum atomic E-state index is 10.2. The normalized spacial score (nSPS) is 14.2. The van der Waals surface area contributed by atoms with Crippen LogP contribution < -0.4 is 0 Å². The van der Waals surface area contributed by atoms with Crippen LogP contribution in [0.3, 0.4) is 0 Å². The summed E-state index contributed by atoms with van der Waals surface area (Å²) in [5.74, 6) is 0.266. The van der Waals surface area contributed by atoms with Crippen molar-refractivity contribution in [3.8, 4) is 0 Å². The van der Waals surface area contributed by atoms with Crippen molar-refractivity contribution in [1.82, 2.24) is 0 Å². The van der Waals surface area contributed by atoms with Crippen LogP contribution in [-0.2, 0) is 0 Å². The van der Waals surface area contributed by atoms with Crippen molar-refractivity contribution in [1.29, 1.82) is 0 Å². The summed E-state index contributed by atoms with van der Waals surface area (Å²) in [7, 11) is 0. The molecule has 0 saturated heterocycles. The number of hydrogen-bond donors (Lipinski definition) is 1. The van der Waals surface area contributed by atoms with Crippen molar-refractivity contribution in [3.63, 3.8) is 0 Å². The van der Waals surface area contributed by atoms with Crippen LogP contribution in [-0.4, -0.2) is 10.7 Å². The minimum absolute atomic E-state index is 0.266. The number of rotatable bonds is 7. The van der Waals surface area contributed by atoms with Gasteiger partial charge in [0.15, 0.2) is 0 Å². The molecule has 0 aliphatic heterocycles. The molecule has 1 heteroatoms. The van der Waals surface area contributed by atoms with E-state index in [0.717, 1.165) is 19.3 Å². The monoisotopic (exact) mass is 184 g/mol. The van der Waals surface area contributed by atoms with Gasteiger partial charge in [0.2, 0.25) is 0 Å². The van der Waals surface area contributed by atoms with E-state index in [1.807, 2.05) is 19.9 Å². The zero-order valence-electron chi connectivity index (χ0n) is 9.34. The zero-order valence-corrected chi connectivity index (χ0v) is 9.34. The molecule has 0 aromatic rings. The number of unbranched alkanes of at least 4 members (excludes halogenated alkanes) is 1. The van der Waals surface area contributed by atoms with Gasteiger partial charge in [0.05, 0.1) is 5.60 Å². The number of aliphatic hydroxyl groups is 1. The van der Waals surface area contributed by atoms with Gasteiger partial charge in [-0.15, -0.1) is 6.58 Å². The van der Waals surface area contributed by atoms with Gasteiger partial charge in [0, 0.05) is 5.92 Å². The lowest BCUT2D eigenvalue weighted by Gasteiger charge is -2.32. The second-order valence-electron chi connectivity index (χ2n) is 3.80. The molecule has 1 unspecified atom stereocenters. The number of hydrogen-bond acceptors (Lipinski definition) is 1. The molecular formula is C12H24O. The van der Waals surface area contributed by atoms with Crippen molar-refractivity contribution in [2.45, 2.75) is 58.5 Å². The summed E-state index contributed by atoms with van der Waals surface area (Å²) < 4.78 is 0. The van der Waals surface area contributed by atoms with E-state index in [-0.39, 0.29) is 5.92 Å². The van der Waals surface area contributed by atoms with E-state index in [4.69, 9.17) is 0 Å². The Balaban J connectivity index is 4.25. The Bertz CT molecular complexity index is 136. The summed E-state index contributed by atoms with van der Waals surface area (Å²) in [5.41, 5.74) is -0.517. The molecule has 0 fully saturated rings. The van der Waals surface area contributed by atoms with Crippen LogP contribution in [0, 0.1) is 5.92 Å². The lowest BCUT2D eigenvalue weighted by atomic mass is 9.80. The average Bonchev–Trinajstić information content (AvgIpc) is 2.18. The summed E-state index contributed by atoms with van der Waals surface area (Å²) in [6.45, 7) is 10.1. The molecule has 0 saturated carbocycles. The summed E-state index contributed by atoms with van der Waals surface area (Å²) in [6, 6.07) is 0. The summed E-state index contributed by atoms with van der Waals surface area (Å²) >= 11 is 0. The molecule has 0 bridgehead atoms. The highest BCUT2D eigenvalue weighted by molar-refractivity contribution is 4.94. The Kier molecular flexibility index (Phi) is 6.06. The van der Waals surface area contributed by atoms with E-state index < -0.39 is 5.60 Å². The van der Waals surface area contributed by atoms with Crippen molar-refractivity contribution >= 4 is 0 Å². The lowest BCUT2D eigenvalue weighted by Crippen LogP contribution is -2.35. The fraction of sp³-hybridized carbons (Fsp3) is 0.833. The largest absolute Gasteiger partial charge is 0.389 e. The first-order valence-corrected chi connectivity index (χ1v) is 5.49. The van der Waals surface area contributed by atoms with Gasteiger partial charge in [0.25, 0.3) is 0 Å². The first-order chi connectivity index (χ1) is 6.14. The maximum Gasteiger partial charge on any atom is 0.0704 e. The van der Waals surface area contributed by atoms with Crippen LogP contribution in [0.2, 0.25) is 0 Å². The fourth-order valence-electron chi connectivity index (χ4n) is 1.80. The highest BCUT2D eigenvalue weighted by Gasteiger charge is 2.30. The molecule has 0 radical (unpaired) electrons. The van der Waals surface area contributed by atoms with Gasteiger partial charge in [-0.1, -0.05) is 39.7 Å². The predicted octanol–water partition coefficient (Wildman–Crippen LogP) is 3.53. The molecule has 0 amide bonds. The predicted molar refractivity (Wildman–Crippen MR) is 58.7 cm³/mol. The topological polar surface area (TPSA) is 20.2 Å². The molecule has 0 spiro atoms. The van der Waals surface area contributed by atoms with Crippen LogP contribution in [0.5, 0.6) is 0 Å². The van der Waals surface area contributed by atoms with Crippen LogP contribution >= 0.6 is 0 Å². The molecular weight excluding hydrogens is 160 g/mol. The van der Waals surface area contributed by atoms with E-state index >= 15 is 0 Å². The van der Waals surface area contributed by atoms with Gasteiger partial charge in [-0.05, 0) is 19.3 Å². The third-order valence-corrected chi connectivity index (χ3v) is 3.07. The minimum atomic E-state index is -0.517. The molecule has 0 aliphatic rings. The zero-order chi connectivity index (χ0) is 10.3. The molecule has 0 aromatic carbocycles. The molecule has 1 N–H and O–H groups in total. The second kappa shape index (κ2) is 6.20. The molecule has 1 nitrogen and oxygen atoms in total. The average molecular weight is 184 g/mol. The van der Waals surface area contributed by atoms with E-state index in [9.17, 15) is 5.11 Å². The van der Waals surface area contributed by atoms with E-state index in [1.54, 1.807) is 0 Å². The van der Waals surface area contributed by atoms with Gasteiger partial charge in [-0.25, -0.2) is 0 Å². The van der Waals surface area contributed by atoms with E-state index in [1.165, 1.54) is 12.8 Å². The lowest BCUT2D eigenvalue weighted by molar-refractivity contribution is -0.0114. The van der Waals surface area contributed by atoms with Crippen LogP contribution in [0.1, 0.15) is 52.9 Å². The SMILES string of the molecule is C=CC(CCCC)C(O)(CC)CC. The highest BCUT2D eigenvalue weighted by atomic mass is 16.3. The Hall–Kier alpha value is -0.300. The van der Waals surface area contributed by atoms with Crippen molar-refractivity contribution < 1.29 is 5.11 Å². The molecule has 0 aromatic heterocycles. The second-order valence-corrected chi connectivity index (χ2v) is 3.80. The van der Waals surface area contributed by atoms with Gasteiger partial charge in [-0.2, -0.15) is 0 Å². The standard InChI is InChI=1S/C12H24O/c1-5-9-10-11(6-2)12(13,7-3)8-4/h6,11,13H,2,5,7-10H2,1,3-4H3. The van der Waals surface area contributed by atoms with E-state index in [0.29, 0.717) is 0 Å². The third-order valence-electron chi connectivity index (χ3n) is 3.07. The first-order valence-electron chi connectivity index (χ1n) is 5.49. The van der Waals surface area contributed by atoms with Crippen LogP contribution in [0.25, 0.3) is 0 Å². The Labute approximate surface area is 82.9 Å². The Morgan fingerprint density at radius 3 is 2.15 bits per heavy atom. The third kappa shape index (κ3) is 3.51. The molecule has 1 atom stereocenters. The summed E-state index contributed by atoms with van der Waals surface area (Å²) in [4.78, 5) is 0. The Morgan fingerprint density at radius 1 is 1.31 bits per heavy atom. The van der Waals surface area contributed by atoms with Gasteiger partial charge >= 0.3 is 0 Å². The molecule has 13 heavy (non-hydrogen) atoms. The van der Waals surface area contributed by atoms with Crippen LogP contribution in [0.4, 0.5) is 0 Å². The summed E-state index contributed by atoms with van der Waals surface area (Å²) in [6.07, 6.45) is 7.00. The fourth-order valence-corrected chi connectivity index (χ4v) is 1.80. The quantitative estimate of drug-likeness (QED) is 0.600. The van der Waals surface area contributed by atoms with E-state index in [2.05, 4.69) is 13.5 Å². The smallest absolute Gasteiger partial charge is 0.0704 e. The molecule has 0 rings (SSSR count). The highest BCUT2D eigenvalue weighted by Crippen LogP contribution is 2.30. The van der Waals surface area contributed by atoms with Crippen molar-refractivity contribution in [3.05, 3.63) is 12.7 Å². The van der Waals surface area contributed by atoms with Crippen molar-refractivity contribution in [2.75, 3.05) is 0 Å². The first kappa shape index (κ1) is 12.7. The molecule has 0 heterocycles.